The maximum absolute atomic E-state index is 10.7. The third kappa shape index (κ3) is 1.70. The molecule has 2 heterocycles. The number of hydrogen-bond acceptors (Lipinski definition) is 3. The quantitative estimate of drug-likeness (QED) is 0.703. The summed E-state index contributed by atoms with van der Waals surface area (Å²) in [5, 5.41) is 7.68. The number of aldehydes is 1. The van der Waals surface area contributed by atoms with E-state index in [-0.39, 0.29) is 0 Å². The van der Waals surface area contributed by atoms with Gasteiger partial charge in [0.15, 0.2) is 6.29 Å². The molecule has 14 heavy (non-hydrogen) atoms. The molecule has 0 radical (unpaired) electrons. The zero-order valence-corrected chi connectivity index (χ0v) is 8.36. The lowest BCUT2D eigenvalue weighted by Gasteiger charge is -2.20. The third-order valence-electron chi connectivity index (χ3n) is 2.81. The van der Waals surface area contributed by atoms with Crippen molar-refractivity contribution in [3.05, 3.63) is 17.5 Å². The minimum absolute atomic E-state index is 0.524. The Balaban J connectivity index is 2.18. The van der Waals surface area contributed by atoms with Crippen LogP contribution in [0.15, 0.2) is 6.07 Å². The molecule has 0 spiro atoms. The van der Waals surface area contributed by atoms with Crippen molar-refractivity contribution in [2.45, 2.75) is 18.8 Å². The molecule has 1 aromatic heterocycles. The van der Waals surface area contributed by atoms with Crippen molar-refractivity contribution < 1.29 is 4.79 Å². The topological polar surface area (TPSA) is 46.9 Å². The molecule has 1 fully saturated rings. The number of aromatic nitrogens is 2. The van der Waals surface area contributed by atoms with E-state index < -0.39 is 0 Å². The number of carbonyl (C=O) groups is 1. The van der Waals surface area contributed by atoms with E-state index in [1.54, 1.807) is 4.68 Å². The summed E-state index contributed by atoms with van der Waals surface area (Å²) in [5.41, 5.74) is 1.73. The highest BCUT2D eigenvalue weighted by atomic mass is 16.1. The first kappa shape index (κ1) is 9.40. The highest BCUT2D eigenvalue weighted by Gasteiger charge is 2.18. The van der Waals surface area contributed by atoms with Crippen molar-refractivity contribution in [1.29, 1.82) is 0 Å². The summed E-state index contributed by atoms with van der Waals surface area (Å²) in [6.07, 6.45) is 3.10. The number of piperidine rings is 1. The van der Waals surface area contributed by atoms with Gasteiger partial charge in [-0.15, -0.1) is 0 Å². The maximum atomic E-state index is 10.7. The molecule has 0 saturated carbocycles. The van der Waals surface area contributed by atoms with Crippen LogP contribution in [0.25, 0.3) is 0 Å². The van der Waals surface area contributed by atoms with Crippen molar-refractivity contribution in [3.63, 3.8) is 0 Å². The first-order valence-electron chi connectivity index (χ1n) is 5.01. The van der Waals surface area contributed by atoms with Crippen molar-refractivity contribution in [3.8, 4) is 0 Å². The number of aryl methyl sites for hydroxylation is 1. The van der Waals surface area contributed by atoms with Gasteiger partial charge in [-0.25, -0.2) is 0 Å². The molecule has 76 valence electrons. The number of nitrogens with one attached hydrogen (secondary N) is 1. The molecule has 1 aliphatic heterocycles. The second-order valence-corrected chi connectivity index (χ2v) is 3.76. The van der Waals surface area contributed by atoms with Crippen LogP contribution in [0, 0.1) is 0 Å². The van der Waals surface area contributed by atoms with Gasteiger partial charge in [0.05, 0.1) is 5.69 Å². The minimum atomic E-state index is 0.524. The predicted octanol–water partition coefficient (Wildman–Crippen LogP) is 0.700. The van der Waals surface area contributed by atoms with E-state index >= 15 is 0 Å². The van der Waals surface area contributed by atoms with Crippen LogP contribution < -0.4 is 5.32 Å². The maximum Gasteiger partial charge on any atom is 0.168 e. The lowest BCUT2D eigenvalue weighted by atomic mass is 9.95. The first-order chi connectivity index (χ1) is 6.81. The molecule has 0 aliphatic carbocycles. The Morgan fingerprint density at radius 1 is 1.57 bits per heavy atom. The number of hydrogen-bond donors (Lipinski definition) is 1. The second-order valence-electron chi connectivity index (χ2n) is 3.76. The van der Waals surface area contributed by atoms with Crippen molar-refractivity contribution in [2.24, 2.45) is 7.05 Å². The van der Waals surface area contributed by atoms with E-state index in [0.29, 0.717) is 11.6 Å². The van der Waals surface area contributed by atoms with Gasteiger partial charge in [-0.2, -0.15) is 5.10 Å². The Labute approximate surface area is 83.3 Å². The third-order valence-corrected chi connectivity index (χ3v) is 2.81. The Morgan fingerprint density at radius 3 is 2.86 bits per heavy atom. The lowest BCUT2D eigenvalue weighted by Crippen LogP contribution is -2.26. The molecule has 0 bridgehead atoms. The van der Waals surface area contributed by atoms with E-state index in [4.69, 9.17) is 0 Å². The fourth-order valence-electron chi connectivity index (χ4n) is 1.93. The summed E-state index contributed by atoms with van der Waals surface area (Å²) in [6.45, 7) is 2.11. The standard InChI is InChI=1S/C10H15N3O/c1-13-9(7-14)6-10(12-13)8-2-4-11-5-3-8/h6-8,11H,2-5H2,1H3. The van der Waals surface area contributed by atoms with Gasteiger partial charge in [-0.1, -0.05) is 0 Å². The van der Waals surface area contributed by atoms with E-state index in [1.165, 1.54) is 0 Å². The zero-order chi connectivity index (χ0) is 9.97. The van der Waals surface area contributed by atoms with Gasteiger partial charge < -0.3 is 5.32 Å². The van der Waals surface area contributed by atoms with Crippen LogP contribution in [0.1, 0.15) is 34.9 Å². The van der Waals surface area contributed by atoms with Gasteiger partial charge in [0, 0.05) is 13.0 Å². The summed E-state index contributed by atoms with van der Waals surface area (Å²) < 4.78 is 1.66. The van der Waals surface area contributed by atoms with E-state index in [2.05, 4.69) is 10.4 Å². The monoisotopic (exact) mass is 193 g/mol. The van der Waals surface area contributed by atoms with Crippen LogP contribution in [0.4, 0.5) is 0 Å². The average Bonchev–Trinajstić information content (AvgIpc) is 2.61. The highest BCUT2D eigenvalue weighted by molar-refractivity contribution is 5.72. The van der Waals surface area contributed by atoms with Gasteiger partial charge in [-0.3, -0.25) is 9.48 Å². The molecule has 4 heteroatoms. The lowest BCUT2D eigenvalue weighted by molar-refractivity contribution is 0.111. The fourth-order valence-corrected chi connectivity index (χ4v) is 1.93. The molecular weight excluding hydrogens is 178 g/mol. The predicted molar refractivity (Wildman–Crippen MR) is 53.4 cm³/mol. The molecule has 1 saturated heterocycles. The molecule has 1 aromatic rings. The number of carbonyl (C=O) groups excluding carboxylic acids is 1. The first-order valence-corrected chi connectivity index (χ1v) is 5.01. The summed E-state index contributed by atoms with van der Waals surface area (Å²) in [7, 11) is 1.81. The summed E-state index contributed by atoms with van der Waals surface area (Å²) in [4.78, 5) is 10.7. The molecule has 1 aliphatic rings. The molecule has 0 atom stereocenters. The van der Waals surface area contributed by atoms with Gasteiger partial charge >= 0.3 is 0 Å². The summed E-state index contributed by atoms with van der Waals surface area (Å²) in [6, 6.07) is 1.91. The zero-order valence-electron chi connectivity index (χ0n) is 8.36. The molecular formula is C10H15N3O. The second kappa shape index (κ2) is 3.92. The molecule has 0 aromatic carbocycles. The van der Waals surface area contributed by atoms with Crippen molar-refractivity contribution >= 4 is 6.29 Å². The minimum Gasteiger partial charge on any atom is -0.317 e. The fraction of sp³-hybridized carbons (Fsp3) is 0.600. The number of nitrogens with zero attached hydrogens (tertiary/aromatic N) is 2. The number of rotatable bonds is 2. The van der Waals surface area contributed by atoms with E-state index in [1.807, 2.05) is 13.1 Å². The SMILES string of the molecule is Cn1nc(C2CCNCC2)cc1C=O. The van der Waals surface area contributed by atoms with Crippen LogP contribution in [-0.4, -0.2) is 29.2 Å². The Bertz CT molecular complexity index is 326. The van der Waals surface area contributed by atoms with Gasteiger partial charge in [0.1, 0.15) is 5.69 Å². The average molecular weight is 193 g/mol. The Hall–Kier alpha value is -1.16. The summed E-state index contributed by atoms with van der Waals surface area (Å²) >= 11 is 0. The Kier molecular flexibility index (Phi) is 2.63. The molecule has 0 amide bonds. The van der Waals surface area contributed by atoms with Crippen molar-refractivity contribution in [1.82, 2.24) is 15.1 Å². The normalized spacial score (nSPS) is 18.4. The highest BCUT2D eigenvalue weighted by Crippen LogP contribution is 2.23. The van der Waals surface area contributed by atoms with Crippen LogP contribution in [0.2, 0.25) is 0 Å². The summed E-state index contributed by atoms with van der Waals surface area (Å²) in [5.74, 6) is 0.524. The molecule has 2 rings (SSSR count). The Morgan fingerprint density at radius 2 is 2.29 bits per heavy atom. The van der Waals surface area contributed by atoms with Crippen LogP contribution in [0.3, 0.4) is 0 Å². The van der Waals surface area contributed by atoms with Crippen LogP contribution in [0.5, 0.6) is 0 Å². The van der Waals surface area contributed by atoms with Crippen LogP contribution >= 0.6 is 0 Å². The van der Waals surface area contributed by atoms with Gasteiger partial charge in [0.2, 0.25) is 0 Å². The smallest absolute Gasteiger partial charge is 0.168 e. The van der Waals surface area contributed by atoms with Gasteiger partial charge in [-0.05, 0) is 32.0 Å². The van der Waals surface area contributed by atoms with Gasteiger partial charge in [0.25, 0.3) is 0 Å². The van der Waals surface area contributed by atoms with E-state index in [9.17, 15) is 4.79 Å². The molecule has 1 N–H and O–H groups in total. The molecule has 0 unspecified atom stereocenters. The molecule has 4 nitrogen and oxygen atoms in total. The van der Waals surface area contributed by atoms with Crippen molar-refractivity contribution in [2.75, 3.05) is 13.1 Å². The van der Waals surface area contributed by atoms with Crippen LogP contribution in [-0.2, 0) is 7.05 Å². The van der Waals surface area contributed by atoms with E-state index in [0.717, 1.165) is 37.9 Å². The largest absolute Gasteiger partial charge is 0.317 e.